The summed E-state index contributed by atoms with van der Waals surface area (Å²) in [7, 11) is 4.14. The second-order valence-electron chi connectivity index (χ2n) is 3.52. The Kier molecular flexibility index (Phi) is 7.45. The minimum atomic E-state index is 0. The highest BCUT2D eigenvalue weighted by Gasteiger charge is 1.96. The SMILES string of the molecule is CNCCN(C)CCNC(C)C.[HH].[HH]. The van der Waals surface area contributed by atoms with Gasteiger partial charge in [-0.15, -0.1) is 0 Å². The van der Waals surface area contributed by atoms with Crippen molar-refractivity contribution in [3.8, 4) is 0 Å². The number of rotatable bonds is 7. The van der Waals surface area contributed by atoms with Crippen LogP contribution in [0.5, 0.6) is 0 Å². The van der Waals surface area contributed by atoms with Crippen LogP contribution in [-0.4, -0.2) is 51.2 Å². The molecule has 0 heterocycles. The van der Waals surface area contributed by atoms with Crippen LogP contribution in [0.4, 0.5) is 0 Å². The lowest BCUT2D eigenvalue weighted by Crippen LogP contribution is -2.35. The van der Waals surface area contributed by atoms with E-state index in [-0.39, 0.29) is 2.85 Å². The second kappa shape index (κ2) is 7.53. The van der Waals surface area contributed by atoms with E-state index in [2.05, 4.69) is 36.4 Å². The van der Waals surface area contributed by atoms with E-state index in [0.29, 0.717) is 6.04 Å². The summed E-state index contributed by atoms with van der Waals surface area (Å²) in [5.74, 6) is 0. The van der Waals surface area contributed by atoms with Gasteiger partial charge in [0.2, 0.25) is 0 Å². The smallest absolute Gasteiger partial charge is 0.0104 e. The maximum Gasteiger partial charge on any atom is 0.0104 e. The first-order valence-corrected chi connectivity index (χ1v) is 4.73. The van der Waals surface area contributed by atoms with Gasteiger partial charge in [0.05, 0.1) is 0 Å². The lowest BCUT2D eigenvalue weighted by Gasteiger charge is -2.17. The first-order chi connectivity index (χ1) is 5.66. The van der Waals surface area contributed by atoms with Gasteiger partial charge in [-0.05, 0) is 14.1 Å². The third-order valence-electron chi connectivity index (χ3n) is 1.79. The number of nitrogens with zero attached hydrogens (tertiary/aromatic N) is 1. The largest absolute Gasteiger partial charge is 0.318 e. The molecule has 0 spiro atoms. The van der Waals surface area contributed by atoms with E-state index in [1.165, 1.54) is 0 Å². The Labute approximate surface area is 79.5 Å². The molecule has 0 aromatic rings. The molecule has 0 aliphatic rings. The maximum absolute atomic E-state index is 3.39. The molecule has 0 saturated carbocycles. The number of hydrogen-bond acceptors (Lipinski definition) is 3. The molecule has 0 unspecified atom stereocenters. The highest BCUT2D eigenvalue weighted by Crippen LogP contribution is 1.80. The van der Waals surface area contributed by atoms with Gasteiger partial charge in [0.15, 0.2) is 0 Å². The van der Waals surface area contributed by atoms with Crippen molar-refractivity contribution in [3.05, 3.63) is 0 Å². The molecule has 3 heteroatoms. The summed E-state index contributed by atoms with van der Waals surface area (Å²) in [4.78, 5) is 2.33. The second-order valence-corrected chi connectivity index (χ2v) is 3.52. The molecule has 0 aliphatic heterocycles. The Hall–Kier alpha value is -0.120. The Morgan fingerprint density at radius 3 is 2.33 bits per heavy atom. The first kappa shape index (κ1) is 11.9. The lowest BCUT2D eigenvalue weighted by molar-refractivity contribution is 0.328. The van der Waals surface area contributed by atoms with Crippen LogP contribution in [0.1, 0.15) is 16.7 Å². The van der Waals surface area contributed by atoms with E-state index in [1.807, 2.05) is 7.05 Å². The minimum Gasteiger partial charge on any atom is -0.318 e. The van der Waals surface area contributed by atoms with Crippen molar-refractivity contribution < 1.29 is 2.85 Å². The Morgan fingerprint density at radius 1 is 1.25 bits per heavy atom. The lowest BCUT2D eigenvalue weighted by atomic mass is 10.4. The van der Waals surface area contributed by atoms with Gasteiger partial charge in [-0.25, -0.2) is 0 Å². The molecular weight excluding hydrogens is 150 g/mol. The van der Waals surface area contributed by atoms with Gasteiger partial charge < -0.3 is 15.5 Å². The number of nitrogens with one attached hydrogen (secondary N) is 2. The molecule has 0 aliphatic carbocycles. The molecule has 0 saturated heterocycles. The maximum atomic E-state index is 3.39. The van der Waals surface area contributed by atoms with Crippen LogP contribution in [0.15, 0.2) is 0 Å². The molecular formula is C9H27N3. The summed E-state index contributed by atoms with van der Waals surface area (Å²) in [6.07, 6.45) is 0. The molecule has 0 fully saturated rings. The van der Waals surface area contributed by atoms with E-state index >= 15 is 0 Å². The molecule has 0 bridgehead atoms. The van der Waals surface area contributed by atoms with Crippen LogP contribution in [0.2, 0.25) is 0 Å². The van der Waals surface area contributed by atoms with E-state index in [9.17, 15) is 0 Å². The quantitative estimate of drug-likeness (QED) is 0.597. The van der Waals surface area contributed by atoms with Crippen molar-refractivity contribution in [1.82, 2.24) is 15.5 Å². The highest BCUT2D eigenvalue weighted by atomic mass is 15.1. The Balaban J connectivity index is -0.000000605. The van der Waals surface area contributed by atoms with Gasteiger partial charge in [0.25, 0.3) is 0 Å². The summed E-state index contributed by atoms with van der Waals surface area (Å²) in [5.41, 5.74) is 0. The molecule has 78 valence electrons. The van der Waals surface area contributed by atoms with Gasteiger partial charge in [-0.2, -0.15) is 0 Å². The molecule has 0 aromatic carbocycles. The van der Waals surface area contributed by atoms with Crippen LogP contribution >= 0.6 is 0 Å². The van der Waals surface area contributed by atoms with E-state index in [0.717, 1.165) is 26.2 Å². The third-order valence-corrected chi connectivity index (χ3v) is 1.79. The standard InChI is InChI=1S/C9H23N3.2H2/c1-9(2)11-6-8-12(4)7-5-10-3;;/h9-11H,5-8H2,1-4H3;2*1H. The fraction of sp³-hybridized carbons (Fsp3) is 1.00. The molecule has 0 aromatic heterocycles. The molecule has 0 rings (SSSR count). The topological polar surface area (TPSA) is 27.3 Å². The van der Waals surface area contributed by atoms with Gasteiger partial charge in [0, 0.05) is 35.1 Å². The van der Waals surface area contributed by atoms with Gasteiger partial charge in [-0.1, -0.05) is 13.8 Å². The Bertz CT molecular complexity index is 102. The minimum absolute atomic E-state index is 0. The van der Waals surface area contributed by atoms with Crippen molar-refractivity contribution in [2.75, 3.05) is 40.3 Å². The average molecular weight is 177 g/mol. The number of hydrogen-bond donors (Lipinski definition) is 2. The van der Waals surface area contributed by atoms with Crippen molar-refractivity contribution in [3.63, 3.8) is 0 Å². The van der Waals surface area contributed by atoms with Gasteiger partial charge in [-0.3, -0.25) is 0 Å². The predicted molar refractivity (Wildman–Crippen MR) is 58.8 cm³/mol. The normalized spacial score (nSPS) is 11.5. The number of likely N-dealkylation sites (N-methyl/N-ethyl adjacent to an activating group) is 2. The van der Waals surface area contributed by atoms with Crippen LogP contribution in [0.25, 0.3) is 0 Å². The predicted octanol–water partition coefficient (Wildman–Crippen LogP) is 0.628. The van der Waals surface area contributed by atoms with Crippen molar-refractivity contribution in [2.45, 2.75) is 19.9 Å². The van der Waals surface area contributed by atoms with Gasteiger partial charge in [0.1, 0.15) is 0 Å². The fourth-order valence-corrected chi connectivity index (χ4v) is 0.959. The zero-order valence-electron chi connectivity index (χ0n) is 8.85. The molecule has 3 nitrogen and oxygen atoms in total. The van der Waals surface area contributed by atoms with E-state index in [4.69, 9.17) is 0 Å². The van der Waals surface area contributed by atoms with Crippen molar-refractivity contribution in [1.29, 1.82) is 0 Å². The molecule has 0 atom stereocenters. The fourth-order valence-electron chi connectivity index (χ4n) is 0.959. The van der Waals surface area contributed by atoms with Crippen molar-refractivity contribution >= 4 is 0 Å². The summed E-state index contributed by atoms with van der Waals surface area (Å²) in [6, 6.07) is 0.600. The van der Waals surface area contributed by atoms with Crippen LogP contribution < -0.4 is 10.6 Å². The third kappa shape index (κ3) is 7.98. The van der Waals surface area contributed by atoms with E-state index < -0.39 is 0 Å². The van der Waals surface area contributed by atoms with E-state index in [1.54, 1.807) is 0 Å². The summed E-state index contributed by atoms with van der Waals surface area (Å²) >= 11 is 0. The molecule has 12 heavy (non-hydrogen) atoms. The van der Waals surface area contributed by atoms with Crippen molar-refractivity contribution in [2.24, 2.45) is 0 Å². The molecule has 0 amide bonds. The van der Waals surface area contributed by atoms with Crippen LogP contribution in [-0.2, 0) is 0 Å². The molecule has 2 N–H and O–H groups in total. The molecule has 0 radical (unpaired) electrons. The average Bonchev–Trinajstić information content (AvgIpc) is 2.00. The summed E-state index contributed by atoms with van der Waals surface area (Å²) in [6.45, 7) is 8.74. The van der Waals surface area contributed by atoms with Gasteiger partial charge >= 0.3 is 0 Å². The van der Waals surface area contributed by atoms with Crippen LogP contribution in [0, 0.1) is 0 Å². The summed E-state index contributed by atoms with van der Waals surface area (Å²) in [5, 5.41) is 6.53. The zero-order chi connectivity index (χ0) is 9.40. The highest BCUT2D eigenvalue weighted by molar-refractivity contribution is 4.58. The summed E-state index contributed by atoms with van der Waals surface area (Å²) < 4.78 is 0. The first-order valence-electron chi connectivity index (χ1n) is 4.73. The monoisotopic (exact) mass is 177 g/mol. The Morgan fingerprint density at radius 2 is 1.83 bits per heavy atom. The van der Waals surface area contributed by atoms with Crippen LogP contribution in [0.3, 0.4) is 0 Å². The zero-order valence-corrected chi connectivity index (χ0v) is 8.85.